The van der Waals surface area contributed by atoms with Crippen molar-refractivity contribution in [3.05, 3.63) is 24.0 Å². The number of nitrogens with one attached hydrogen (secondary N) is 2. The molecule has 0 bridgehead atoms. The van der Waals surface area contributed by atoms with Gasteiger partial charge in [0.05, 0.1) is 11.8 Å². The van der Waals surface area contributed by atoms with E-state index in [1.807, 2.05) is 13.8 Å². The lowest BCUT2D eigenvalue weighted by Gasteiger charge is -2.65. The van der Waals surface area contributed by atoms with E-state index in [1.54, 1.807) is 0 Å². The van der Waals surface area contributed by atoms with Crippen molar-refractivity contribution >= 4 is 23.2 Å². The fraction of sp³-hybridized carbons (Fsp3) is 0.556. The van der Waals surface area contributed by atoms with E-state index in [0.29, 0.717) is 12.3 Å². The Morgan fingerprint density at radius 2 is 2.04 bits per heavy atom. The van der Waals surface area contributed by atoms with Crippen LogP contribution in [0.2, 0.25) is 0 Å². The van der Waals surface area contributed by atoms with Crippen LogP contribution in [-0.2, 0) is 14.3 Å². The fourth-order valence-electron chi connectivity index (χ4n) is 4.16. The minimum atomic E-state index is -1.05. The van der Waals surface area contributed by atoms with E-state index in [1.165, 1.54) is 25.1 Å². The van der Waals surface area contributed by atoms with E-state index in [4.69, 9.17) is 10.5 Å². The summed E-state index contributed by atoms with van der Waals surface area (Å²) < 4.78 is 19.6. The van der Waals surface area contributed by atoms with Crippen LogP contribution < -0.4 is 16.4 Å². The van der Waals surface area contributed by atoms with Gasteiger partial charge in [0, 0.05) is 30.6 Å². The average Bonchev–Trinajstić information content (AvgIpc) is 2.56. The molecule has 3 unspecified atom stereocenters. The van der Waals surface area contributed by atoms with Gasteiger partial charge in [0.25, 0.3) is 0 Å². The Morgan fingerprint density at radius 3 is 2.72 bits per heavy atom. The van der Waals surface area contributed by atoms with Crippen LogP contribution in [0.5, 0.6) is 0 Å². The lowest BCUT2D eigenvalue weighted by molar-refractivity contribution is -0.222. The summed E-state index contributed by atoms with van der Waals surface area (Å²) >= 11 is 0. The van der Waals surface area contributed by atoms with E-state index >= 15 is 0 Å². The van der Waals surface area contributed by atoms with Gasteiger partial charge in [-0.3, -0.25) is 9.59 Å². The highest BCUT2D eigenvalue weighted by Gasteiger charge is 2.70. The van der Waals surface area contributed by atoms with Crippen LogP contribution in [-0.4, -0.2) is 30.1 Å². The van der Waals surface area contributed by atoms with E-state index in [9.17, 15) is 14.0 Å². The van der Waals surface area contributed by atoms with Gasteiger partial charge < -0.3 is 21.1 Å². The largest absolute Gasteiger partial charge is 0.377 e. The van der Waals surface area contributed by atoms with Crippen LogP contribution in [0.25, 0.3) is 0 Å². The molecule has 1 aromatic carbocycles. The topological polar surface area (TPSA) is 93.5 Å². The van der Waals surface area contributed by atoms with Gasteiger partial charge >= 0.3 is 0 Å². The highest BCUT2D eigenvalue weighted by molar-refractivity contribution is 6.01. The SMILES string of the molecule is CC(=O)Nc1cc(NC(=O)C2(N)C3CCCOC3C2(C)C)ccc1F. The second-order valence-corrected chi connectivity index (χ2v) is 7.46. The predicted molar refractivity (Wildman–Crippen MR) is 92.5 cm³/mol. The van der Waals surface area contributed by atoms with Gasteiger partial charge in [-0.05, 0) is 31.0 Å². The molecule has 25 heavy (non-hydrogen) atoms. The van der Waals surface area contributed by atoms with Crippen molar-refractivity contribution in [2.45, 2.75) is 45.3 Å². The molecule has 2 aliphatic rings. The highest BCUT2D eigenvalue weighted by Crippen LogP contribution is 2.57. The first-order chi connectivity index (χ1) is 11.7. The molecule has 4 N–H and O–H groups in total. The van der Waals surface area contributed by atoms with Gasteiger partial charge in [-0.1, -0.05) is 13.8 Å². The number of carbonyl (C=O) groups is 2. The maximum Gasteiger partial charge on any atom is 0.245 e. The maximum atomic E-state index is 13.8. The lowest BCUT2D eigenvalue weighted by Crippen LogP contribution is -2.81. The first kappa shape index (κ1) is 17.8. The molecule has 2 amide bonds. The lowest BCUT2D eigenvalue weighted by atomic mass is 9.46. The maximum absolute atomic E-state index is 13.8. The minimum Gasteiger partial charge on any atom is -0.377 e. The summed E-state index contributed by atoms with van der Waals surface area (Å²) in [6, 6.07) is 4.03. The fourth-order valence-corrected chi connectivity index (χ4v) is 4.16. The number of amides is 2. The Morgan fingerprint density at radius 1 is 1.32 bits per heavy atom. The first-order valence-corrected chi connectivity index (χ1v) is 8.47. The summed E-state index contributed by atoms with van der Waals surface area (Å²) in [5, 5.41) is 5.17. The van der Waals surface area contributed by atoms with Gasteiger partial charge in [-0.15, -0.1) is 0 Å². The summed E-state index contributed by atoms with van der Waals surface area (Å²) in [6.07, 6.45) is 1.70. The number of rotatable bonds is 3. The van der Waals surface area contributed by atoms with Gasteiger partial charge in [-0.2, -0.15) is 0 Å². The van der Waals surface area contributed by atoms with Crippen molar-refractivity contribution in [1.82, 2.24) is 0 Å². The normalized spacial score (nSPS) is 30.0. The molecular formula is C18H24FN3O3. The number of benzene rings is 1. The number of ether oxygens (including phenoxy) is 1. The Bertz CT molecular complexity index is 722. The van der Waals surface area contributed by atoms with Crippen LogP contribution in [0.15, 0.2) is 18.2 Å². The molecule has 1 aliphatic heterocycles. The number of nitrogens with two attached hydrogens (primary N) is 1. The third kappa shape index (κ3) is 2.71. The molecule has 7 heteroatoms. The number of fused-ring (bicyclic) bond motifs is 1. The first-order valence-electron chi connectivity index (χ1n) is 8.47. The molecule has 0 aromatic heterocycles. The summed E-state index contributed by atoms with van der Waals surface area (Å²) in [5.74, 6) is -1.31. The number of halogens is 1. The third-order valence-corrected chi connectivity index (χ3v) is 5.60. The third-order valence-electron chi connectivity index (χ3n) is 5.60. The molecule has 1 saturated carbocycles. The monoisotopic (exact) mass is 349 g/mol. The molecule has 3 atom stereocenters. The molecule has 0 radical (unpaired) electrons. The van der Waals surface area contributed by atoms with E-state index in [-0.39, 0.29) is 29.5 Å². The number of hydrogen-bond acceptors (Lipinski definition) is 4. The predicted octanol–water partition coefficient (Wildman–Crippen LogP) is 2.26. The molecule has 1 heterocycles. The van der Waals surface area contributed by atoms with E-state index in [0.717, 1.165) is 12.8 Å². The van der Waals surface area contributed by atoms with Crippen LogP contribution in [0, 0.1) is 17.2 Å². The minimum absolute atomic E-state index is 0.0168. The second kappa shape index (κ2) is 6.07. The van der Waals surface area contributed by atoms with Crippen molar-refractivity contribution in [3.8, 4) is 0 Å². The quantitative estimate of drug-likeness (QED) is 0.780. The summed E-state index contributed by atoms with van der Waals surface area (Å²) in [7, 11) is 0. The Kier molecular flexibility index (Phi) is 4.33. The standard InChI is InChI=1S/C18H24FN3O3/c1-10(23)21-14-9-11(6-7-13(14)19)22-16(24)18(20)12-5-4-8-25-15(12)17(18,2)3/h6-7,9,12,15H,4-5,8,20H2,1-3H3,(H,21,23)(H,22,24). The van der Waals surface area contributed by atoms with Crippen molar-refractivity contribution in [2.75, 3.05) is 17.2 Å². The molecule has 6 nitrogen and oxygen atoms in total. The zero-order valence-electron chi connectivity index (χ0n) is 14.7. The number of hydrogen-bond donors (Lipinski definition) is 3. The molecular weight excluding hydrogens is 325 g/mol. The molecule has 2 fully saturated rings. The van der Waals surface area contributed by atoms with Crippen molar-refractivity contribution < 1.29 is 18.7 Å². The molecule has 1 saturated heterocycles. The Balaban J connectivity index is 1.81. The zero-order valence-corrected chi connectivity index (χ0v) is 14.7. The van der Waals surface area contributed by atoms with Crippen LogP contribution in [0.4, 0.5) is 15.8 Å². The van der Waals surface area contributed by atoms with Crippen LogP contribution in [0.1, 0.15) is 33.6 Å². The van der Waals surface area contributed by atoms with Crippen molar-refractivity contribution in [2.24, 2.45) is 17.1 Å². The van der Waals surface area contributed by atoms with Crippen LogP contribution >= 0.6 is 0 Å². The summed E-state index contributed by atoms with van der Waals surface area (Å²) in [5.41, 5.74) is 5.39. The highest BCUT2D eigenvalue weighted by atomic mass is 19.1. The van der Waals surface area contributed by atoms with Gasteiger partial charge in [0.15, 0.2) is 0 Å². The number of anilines is 2. The van der Waals surface area contributed by atoms with Crippen molar-refractivity contribution in [3.63, 3.8) is 0 Å². The van der Waals surface area contributed by atoms with Crippen molar-refractivity contribution in [1.29, 1.82) is 0 Å². The molecule has 3 rings (SSSR count). The smallest absolute Gasteiger partial charge is 0.245 e. The summed E-state index contributed by atoms with van der Waals surface area (Å²) in [4.78, 5) is 24.1. The van der Waals surface area contributed by atoms with Crippen LogP contribution in [0.3, 0.4) is 0 Å². The second-order valence-electron chi connectivity index (χ2n) is 7.46. The van der Waals surface area contributed by atoms with E-state index in [2.05, 4.69) is 10.6 Å². The van der Waals surface area contributed by atoms with Gasteiger partial charge in [0.1, 0.15) is 11.4 Å². The molecule has 136 valence electrons. The Labute approximate surface area is 146 Å². The van der Waals surface area contributed by atoms with Gasteiger partial charge in [-0.25, -0.2) is 4.39 Å². The van der Waals surface area contributed by atoms with E-state index < -0.39 is 16.8 Å². The molecule has 0 spiro atoms. The molecule has 1 aliphatic carbocycles. The Hall–Kier alpha value is -1.99. The van der Waals surface area contributed by atoms with Gasteiger partial charge in [0.2, 0.25) is 11.8 Å². The average molecular weight is 349 g/mol. The number of carbonyl (C=O) groups excluding carboxylic acids is 2. The summed E-state index contributed by atoms with van der Waals surface area (Å²) in [6.45, 7) is 5.86. The zero-order chi connectivity index (χ0) is 18.4. The molecule has 1 aromatic rings.